The number of nitrogens with zero attached hydrogens (tertiary/aromatic N) is 2. The van der Waals surface area contributed by atoms with Crippen molar-refractivity contribution in [3.05, 3.63) is 31.5 Å². The van der Waals surface area contributed by atoms with Crippen LogP contribution in [0.25, 0.3) is 0 Å². The second-order valence-electron chi connectivity index (χ2n) is 2.79. The first-order valence-corrected chi connectivity index (χ1v) is 6.33. The lowest BCUT2D eigenvalue weighted by Gasteiger charge is -1.96. The average Bonchev–Trinajstić information content (AvgIpc) is 2.62. The molecule has 0 atom stereocenters. The molecule has 2 aromatic heterocycles. The van der Waals surface area contributed by atoms with Gasteiger partial charge in [0.2, 0.25) is 0 Å². The standard InChI is InChI=1S/C8H7Br2N3S/c9-5-1-6(14-4-5)2-13-3-7(10)8(11)12-13/h1,3-4H,2H2,(H2,11,12). The maximum absolute atomic E-state index is 5.61. The van der Waals surface area contributed by atoms with Gasteiger partial charge >= 0.3 is 0 Å². The van der Waals surface area contributed by atoms with Crippen molar-refractivity contribution in [1.82, 2.24) is 9.78 Å². The van der Waals surface area contributed by atoms with Gasteiger partial charge in [0.05, 0.1) is 11.0 Å². The number of nitrogen functional groups attached to an aromatic ring is 1. The Labute approximate surface area is 102 Å². The molecule has 14 heavy (non-hydrogen) atoms. The summed E-state index contributed by atoms with van der Waals surface area (Å²) in [6.45, 7) is 0.756. The number of rotatable bonds is 2. The summed E-state index contributed by atoms with van der Waals surface area (Å²) in [5.74, 6) is 0.528. The molecule has 2 heterocycles. The Hall–Kier alpha value is -0.330. The molecule has 3 nitrogen and oxygen atoms in total. The van der Waals surface area contributed by atoms with Crippen LogP contribution < -0.4 is 5.73 Å². The second kappa shape index (κ2) is 4.04. The summed E-state index contributed by atoms with van der Waals surface area (Å²) in [5, 5.41) is 6.21. The van der Waals surface area contributed by atoms with Gasteiger partial charge in [-0.1, -0.05) is 0 Å². The number of thiophene rings is 1. The summed E-state index contributed by atoms with van der Waals surface area (Å²) in [7, 11) is 0. The second-order valence-corrected chi connectivity index (χ2v) is 5.56. The number of hydrogen-bond donors (Lipinski definition) is 1. The maximum Gasteiger partial charge on any atom is 0.159 e. The minimum Gasteiger partial charge on any atom is -0.381 e. The van der Waals surface area contributed by atoms with Crippen LogP contribution in [0.3, 0.4) is 0 Å². The van der Waals surface area contributed by atoms with Crippen LogP contribution in [0.5, 0.6) is 0 Å². The molecule has 0 radical (unpaired) electrons. The van der Waals surface area contributed by atoms with E-state index < -0.39 is 0 Å². The van der Waals surface area contributed by atoms with E-state index in [0.29, 0.717) is 5.82 Å². The summed E-state index contributed by atoms with van der Waals surface area (Å²) in [5.41, 5.74) is 5.61. The van der Waals surface area contributed by atoms with Gasteiger partial charge in [0.25, 0.3) is 0 Å². The van der Waals surface area contributed by atoms with Gasteiger partial charge < -0.3 is 5.73 Å². The van der Waals surface area contributed by atoms with Crippen LogP contribution in [-0.4, -0.2) is 9.78 Å². The number of halogens is 2. The molecule has 2 N–H and O–H groups in total. The SMILES string of the molecule is Nc1nn(Cc2cc(Br)cs2)cc1Br. The van der Waals surface area contributed by atoms with Crippen LogP contribution in [-0.2, 0) is 6.54 Å². The van der Waals surface area contributed by atoms with Gasteiger partial charge in [0, 0.05) is 20.9 Å². The lowest BCUT2D eigenvalue weighted by atomic mass is 10.5. The summed E-state index contributed by atoms with van der Waals surface area (Å²) >= 11 is 8.43. The van der Waals surface area contributed by atoms with Crippen LogP contribution in [0.1, 0.15) is 4.88 Å². The zero-order valence-corrected chi connectivity index (χ0v) is 11.1. The largest absolute Gasteiger partial charge is 0.381 e. The topological polar surface area (TPSA) is 43.8 Å². The van der Waals surface area contributed by atoms with Crippen LogP contribution in [0.2, 0.25) is 0 Å². The highest BCUT2D eigenvalue weighted by molar-refractivity contribution is 9.10. The average molecular weight is 337 g/mol. The minimum absolute atomic E-state index is 0.528. The third-order valence-corrected chi connectivity index (χ3v) is 3.98. The molecule has 0 saturated carbocycles. The molecule has 0 fully saturated rings. The van der Waals surface area contributed by atoms with Gasteiger partial charge in [0.15, 0.2) is 5.82 Å². The number of hydrogen-bond acceptors (Lipinski definition) is 3. The summed E-state index contributed by atoms with van der Waals surface area (Å²) in [6, 6.07) is 2.08. The van der Waals surface area contributed by atoms with E-state index in [9.17, 15) is 0 Å². The lowest BCUT2D eigenvalue weighted by molar-refractivity contribution is 0.698. The highest BCUT2D eigenvalue weighted by Gasteiger charge is 2.04. The molecule has 2 aromatic rings. The van der Waals surface area contributed by atoms with Crippen LogP contribution in [0, 0.1) is 0 Å². The number of anilines is 1. The quantitative estimate of drug-likeness (QED) is 0.915. The third-order valence-electron chi connectivity index (χ3n) is 1.68. The van der Waals surface area contributed by atoms with Crippen molar-refractivity contribution < 1.29 is 0 Å². The molecule has 0 spiro atoms. The first-order valence-electron chi connectivity index (χ1n) is 3.86. The van der Waals surface area contributed by atoms with Gasteiger partial charge in [0.1, 0.15) is 0 Å². The van der Waals surface area contributed by atoms with E-state index in [1.54, 1.807) is 11.3 Å². The smallest absolute Gasteiger partial charge is 0.159 e. The number of nitrogens with two attached hydrogens (primary N) is 1. The fourth-order valence-electron chi connectivity index (χ4n) is 1.09. The van der Waals surface area contributed by atoms with Crippen molar-refractivity contribution in [3.63, 3.8) is 0 Å². The first-order chi connectivity index (χ1) is 6.65. The normalized spacial score (nSPS) is 10.7. The summed E-state index contributed by atoms with van der Waals surface area (Å²) in [6.07, 6.45) is 1.88. The van der Waals surface area contributed by atoms with E-state index in [4.69, 9.17) is 5.73 Å². The zero-order chi connectivity index (χ0) is 10.1. The van der Waals surface area contributed by atoms with E-state index in [1.807, 2.05) is 10.9 Å². The predicted molar refractivity (Wildman–Crippen MR) is 65.5 cm³/mol. The fraction of sp³-hybridized carbons (Fsp3) is 0.125. The highest BCUT2D eigenvalue weighted by Crippen LogP contribution is 2.22. The summed E-state index contributed by atoms with van der Waals surface area (Å²) in [4.78, 5) is 1.24. The molecule has 0 saturated heterocycles. The van der Waals surface area contributed by atoms with Crippen molar-refractivity contribution in [2.75, 3.05) is 5.73 Å². The van der Waals surface area contributed by atoms with Crippen LogP contribution >= 0.6 is 43.2 Å². The summed E-state index contributed by atoms with van der Waals surface area (Å²) < 4.78 is 3.77. The van der Waals surface area contributed by atoms with Gasteiger partial charge in [-0.2, -0.15) is 5.10 Å². The van der Waals surface area contributed by atoms with Crippen molar-refractivity contribution >= 4 is 49.0 Å². The third kappa shape index (κ3) is 2.18. The van der Waals surface area contributed by atoms with Crippen molar-refractivity contribution in [2.24, 2.45) is 0 Å². The van der Waals surface area contributed by atoms with E-state index in [0.717, 1.165) is 15.5 Å². The monoisotopic (exact) mass is 335 g/mol. The Morgan fingerprint density at radius 3 is 2.79 bits per heavy atom. The van der Waals surface area contributed by atoms with Gasteiger partial charge in [-0.3, -0.25) is 4.68 Å². The molecule has 74 valence electrons. The molecule has 2 rings (SSSR count). The predicted octanol–water partition coefficient (Wildman–Crippen LogP) is 3.10. The Morgan fingerprint density at radius 1 is 1.50 bits per heavy atom. The van der Waals surface area contributed by atoms with E-state index in [1.165, 1.54) is 4.88 Å². The molecular formula is C8H7Br2N3S. The van der Waals surface area contributed by atoms with Crippen LogP contribution in [0.4, 0.5) is 5.82 Å². The van der Waals surface area contributed by atoms with Crippen molar-refractivity contribution in [1.29, 1.82) is 0 Å². The Balaban J connectivity index is 2.18. The highest BCUT2D eigenvalue weighted by atomic mass is 79.9. The van der Waals surface area contributed by atoms with E-state index >= 15 is 0 Å². The van der Waals surface area contributed by atoms with Crippen molar-refractivity contribution in [2.45, 2.75) is 6.54 Å². The molecule has 0 bridgehead atoms. The van der Waals surface area contributed by atoms with Crippen molar-refractivity contribution in [3.8, 4) is 0 Å². The van der Waals surface area contributed by atoms with Gasteiger partial charge in [-0.05, 0) is 37.9 Å². The zero-order valence-electron chi connectivity index (χ0n) is 7.08. The van der Waals surface area contributed by atoms with E-state index in [-0.39, 0.29) is 0 Å². The first kappa shape index (κ1) is 10.2. The molecule has 6 heteroatoms. The molecule has 0 aromatic carbocycles. The minimum atomic E-state index is 0.528. The maximum atomic E-state index is 5.61. The fourth-order valence-corrected chi connectivity index (χ4v) is 2.85. The van der Waals surface area contributed by atoms with Crippen LogP contribution in [0.15, 0.2) is 26.6 Å². The Bertz CT molecular complexity index is 430. The Morgan fingerprint density at radius 2 is 2.29 bits per heavy atom. The lowest BCUT2D eigenvalue weighted by Crippen LogP contribution is -1.99. The van der Waals surface area contributed by atoms with Gasteiger partial charge in [-0.25, -0.2) is 0 Å². The number of aromatic nitrogens is 2. The molecular weight excluding hydrogens is 330 g/mol. The van der Waals surface area contributed by atoms with E-state index in [2.05, 4.69) is 48.4 Å². The Kier molecular flexibility index (Phi) is 2.94. The molecule has 0 aliphatic heterocycles. The molecule has 0 unspecified atom stereocenters. The molecule has 0 amide bonds. The molecule has 0 aliphatic carbocycles. The van der Waals surface area contributed by atoms with Gasteiger partial charge in [-0.15, -0.1) is 11.3 Å². The molecule has 0 aliphatic rings.